The smallest absolute Gasteiger partial charge is 0.123 e. The van der Waals surface area contributed by atoms with E-state index in [2.05, 4.69) is 5.92 Å². The second-order valence-corrected chi connectivity index (χ2v) is 2.71. The molecule has 0 aliphatic heterocycles. The van der Waals surface area contributed by atoms with Crippen LogP contribution in [0.2, 0.25) is 0 Å². The highest BCUT2D eigenvalue weighted by Gasteiger charge is 2.03. The van der Waals surface area contributed by atoms with E-state index >= 15 is 0 Å². The number of hydrogen-bond donors (Lipinski definition) is 1. The van der Waals surface area contributed by atoms with Crippen molar-refractivity contribution in [2.45, 2.75) is 13.0 Å². The second kappa shape index (κ2) is 3.38. The summed E-state index contributed by atoms with van der Waals surface area (Å²) in [6.45, 7) is 1.80. The third kappa shape index (κ3) is 1.84. The van der Waals surface area contributed by atoms with E-state index in [9.17, 15) is 4.39 Å². The Morgan fingerprint density at radius 3 is 2.67 bits per heavy atom. The Balaban J connectivity index is 3.10. The van der Waals surface area contributed by atoms with Gasteiger partial charge in [-0.15, -0.1) is 6.42 Å². The van der Waals surface area contributed by atoms with Crippen molar-refractivity contribution in [3.8, 4) is 12.3 Å². The van der Waals surface area contributed by atoms with Crippen molar-refractivity contribution < 1.29 is 4.39 Å². The van der Waals surface area contributed by atoms with Crippen LogP contribution < -0.4 is 5.73 Å². The van der Waals surface area contributed by atoms with Crippen LogP contribution >= 0.6 is 0 Å². The van der Waals surface area contributed by atoms with Crippen LogP contribution in [0.4, 0.5) is 4.39 Å². The van der Waals surface area contributed by atoms with E-state index in [0.717, 1.165) is 5.56 Å². The summed E-state index contributed by atoms with van der Waals surface area (Å²) in [5, 5.41) is 0. The van der Waals surface area contributed by atoms with Gasteiger partial charge in [0.1, 0.15) is 5.82 Å². The highest BCUT2D eigenvalue weighted by molar-refractivity contribution is 5.29. The molecule has 0 amide bonds. The van der Waals surface area contributed by atoms with E-state index in [1.165, 1.54) is 12.1 Å². The van der Waals surface area contributed by atoms with E-state index in [1.807, 2.05) is 0 Å². The number of rotatable bonds is 1. The molecular weight excluding hydrogens is 153 g/mol. The van der Waals surface area contributed by atoms with Crippen LogP contribution in [-0.4, -0.2) is 0 Å². The first-order valence-electron chi connectivity index (χ1n) is 3.62. The third-order valence-corrected chi connectivity index (χ3v) is 1.60. The molecule has 0 saturated heterocycles. The summed E-state index contributed by atoms with van der Waals surface area (Å²) in [5.74, 6) is 2.05. The molecule has 2 N–H and O–H groups in total. The zero-order chi connectivity index (χ0) is 9.14. The molecule has 0 bridgehead atoms. The lowest BCUT2D eigenvalue weighted by atomic mass is 10.1. The molecule has 1 aromatic carbocycles. The molecule has 0 saturated carbocycles. The predicted molar refractivity (Wildman–Crippen MR) is 46.9 cm³/mol. The Morgan fingerprint density at radius 2 is 2.17 bits per heavy atom. The molecule has 0 spiro atoms. The largest absolute Gasteiger partial charge is 0.314 e. The van der Waals surface area contributed by atoms with Gasteiger partial charge in [-0.3, -0.25) is 0 Å². The first-order chi connectivity index (χ1) is 5.63. The average molecular weight is 163 g/mol. The van der Waals surface area contributed by atoms with Gasteiger partial charge in [-0.1, -0.05) is 12.0 Å². The van der Waals surface area contributed by atoms with Crippen LogP contribution in [0.25, 0.3) is 0 Å². The van der Waals surface area contributed by atoms with Gasteiger partial charge >= 0.3 is 0 Å². The monoisotopic (exact) mass is 163 g/mol. The quantitative estimate of drug-likeness (QED) is 0.627. The molecule has 1 rings (SSSR count). The molecule has 1 nitrogen and oxygen atoms in total. The average Bonchev–Trinajstić information content (AvgIpc) is 2.01. The topological polar surface area (TPSA) is 26.0 Å². The van der Waals surface area contributed by atoms with Gasteiger partial charge in [0.2, 0.25) is 0 Å². The predicted octanol–water partition coefficient (Wildman–Crippen LogP) is 1.77. The maximum absolute atomic E-state index is 12.8. The first-order valence-corrected chi connectivity index (χ1v) is 3.62. The molecule has 2 heteroatoms. The summed E-state index contributed by atoms with van der Waals surface area (Å²) in [4.78, 5) is 0. The van der Waals surface area contributed by atoms with Gasteiger partial charge in [0.05, 0.1) is 6.04 Å². The van der Waals surface area contributed by atoms with Crippen LogP contribution in [0, 0.1) is 25.1 Å². The summed E-state index contributed by atoms with van der Waals surface area (Å²) in [5.41, 5.74) is 7.01. The number of nitrogens with two attached hydrogens (primary N) is 1. The maximum Gasteiger partial charge on any atom is 0.123 e. The van der Waals surface area contributed by atoms with Crippen molar-refractivity contribution in [1.29, 1.82) is 0 Å². The van der Waals surface area contributed by atoms with Gasteiger partial charge in [0, 0.05) is 0 Å². The Kier molecular flexibility index (Phi) is 2.47. The van der Waals surface area contributed by atoms with E-state index in [1.54, 1.807) is 13.0 Å². The summed E-state index contributed by atoms with van der Waals surface area (Å²) in [6.07, 6.45) is 5.11. The molecular formula is C10H10FN. The van der Waals surface area contributed by atoms with Gasteiger partial charge in [0.25, 0.3) is 0 Å². The van der Waals surface area contributed by atoms with Crippen molar-refractivity contribution in [3.63, 3.8) is 0 Å². The third-order valence-electron chi connectivity index (χ3n) is 1.60. The number of hydrogen-bond acceptors (Lipinski definition) is 1. The summed E-state index contributed by atoms with van der Waals surface area (Å²) in [6, 6.07) is 4.07. The fourth-order valence-corrected chi connectivity index (χ4v) is 1.04. The Morgan fingerprint density at radius 1 is 1.50 bits per heavy atom. The molecule has 1 unspecified atom stereocenters. The molecule has 12 heavy (non-hydrogen) atoms. The molecule has 1 atom stereocenters. The maximum atomic E-state index is 12.8. The second-order valence-electron chi connectivity index (χ2n) is 2.71. The SMILES string of the molecule is C#CC(N)c1cc(C)cc(F)c1. The molecule has 0 aliphatic rings. The molecule has 0 aromatic heterocycles. The fourth-order valence-electron chi connectivity index (χ4n) is 1.04. The van der Waals surface area contributed by atoms with Crippen LogP contribution in [0.15, 0.2) is 18.2 Å². The Labute approximate surface area is 71.4 Å². The van der Waals surface area contributed by atoms with Crippen LogP contribution in [0.5, 0.6) is 0 Å². The fraction of sp³-hybridized carbons (Fsp3) is 0.200. The van der Waals surface area contributed by atoms with Crippen molar-refractivity contribution in [2.24, 2.45) is 5.73 Å². The summed E-state index contributed by atoms with van der Waals surface area (Å²) in [7, 11) is 0. The van der Waals surface area contributed by atoms with Crippen molar-refractivity contribution >= 4 is 0 Å². The molecule has 0 heterocycles. The summed E-state index contributed by atoms with van der Waals surface area (Å²) < 4.78 is 12.8. The Hall–Kier alpha value is -1.33. The first kappa shape index (κ1) is 8.76. The minimum absolute atomic E-state index is 0.296. The molecule has 1 aromatic rings. The Bertz CT molecular complexity index is 305. The normalized spacial score (nSPS) is 12.2. The molecule has 62 valence electrons. The van der Waals surface area contributed by atoms with Crippen molar-refractivity contribution in [3.05, 3.63) is 35.1 Å². The van der Waals surface area contributed by atoms with Crippen LogP contribution in [0.1, 0.15) is 17.2 Å². The van der Waals surface area contributed by atoms with Crippen molar-refractivity contribution in [2.75, 3.05) is 0 Å². The molecule has 0 fully saturated rings. The highest BCUT2D eigenvalue weighted by atomic mass is 19.1. The lowest BCUT2D eigenvalue weighted by molar-refractivity contribution is 0.623. The van der Waals surface area contributed by atoms with Gasteiger partial charge in [0.15, 0.2) is 0 Å². The van der Waals surface area contributed by atoms with E-state index in [-0.39, 0.29) is 5.82 Å². The lowest BCUT2D eigenvalue weighted by Gasteiger charge is -2.05. The lowest BCUT2D eigenvalue weighted by Crippen LogP contribution is -2.07. The zero-order valence-corrected chi connectivity index (χ0v) is 6.84. The number of terminal acetylenes is 1. The number of benzene rings is 1. The zero-order valence-electron chi connectivity index (χ0n) is 6.84. The van der Waals surface area contributed by atoms with E-state index in [0.29, 0.717) is 5.56 Å². The molecule has 0 aliphatic carbocycles. The van der Waals surface area contributed by atoms with Gasteiger partial charge in [-0.25, -0.2) is 4.39 Å². The number of aryl methyl sites for hydroxylation is 1. The van der Waals surface area contributed by atoms with Gasteiger partial charge in [-0.05, 0) is 30.2 Å². The summed E-state index contributed by atoms with van der Waals surface area (Å²) >= 11 is 0. The van der Waals surface area contributed by atoms with E-state index < -0.39 is 6.04 Å². The van der Waals surface area contributed by atoms with Gasteiger partial charge < -0.3 is 5.73 Å². The van der Waals surface area contributed by atoms with Crippen LogP contribution in [0.3, 0.4) is 0 Å². The van der Waals surface area contributed by atoms with Crippen LogP contribution in [-0.2, 0) is 0 Å². The van der Waals surface area contributed by atoms with Crippen molar-refractivity contribution in [1.82, 2.24) is 0 Å². The van der Waals surface area contributed by atoms with Gasteiger partial charge in [-0.2, -0.15) is 0 Å². The van der Waals surface area contributed by atoms with E-state index in [4.69, 9.17) is 12.2 Å². The molecule has 0 radical (unpaired) electrons. The standard InChI is InChI=1S/C10H10FN/c1-3-10(12)8-4-7(2)5-9(11)6-8/h1,4-6,10H,12H2,2H3. The highest BCUT2D eigenvalue weighted by Crippen LogP contribution is 2.13. The number of halogens is 1. The minimum Gasteiger partial charge on any atom is -0.314 e. The minimum atomic E-state index is -0.514.